The number of nitrogens with zero attached hydrogens (tertiary/aromatic N) is 3. The molecule has 3 aliphatic rings. The van der Waals surface area contributed by atoms with E-state index in [2.05, 4.69) is 29.0 Å². The standard InChI is InChI=1S/C19H36N4O2S/c1-16(2)21-19(20-12-17-7-11-26(24,25)15-17)23-10-6-18(14-23)13-22-8-4-3-5-9-22/h16-18H,3-15H2,1-2H3,(H,20,21). The van der Waals surface area contributed by atoms with Crippen molar-refractivity contribution in [3.05, 3.63) is 0 Å². The van der Waals surface area contributed by atoms with Crippen LogP contribution in [0.25, 0.3) is 0 Å². The largest absolute Gasteiger partial charge is 0.354 e. The fraction of sp³-hybridized carbons (Fsp3) is 0.947. The van der Waals surface area contributed by atoms with Crippen LogP contribution in [0, 0.1) is 11.8 Å². The lowest BCUT2D eigenvalue weighted by Crippen LogP contribution is -2.44. The van der Waals surface area contributed by atoms with Crippen LogP contribution in [-0.2, 0) is 9.84 Å². The summed E-state index contributed by atoms with van der Waals surface area (Å²) in [5.74, 6) is 2.53. The van der Waals surface area contributed by atoms with Gasteiger partial charge in [-0.15, -0.1) is 0 Å². The third kappa shape index (κ3) is 5.84. The zero-order valence-electron chi connectivity index (χ0n) is 16.5. The Bertz CT molecular complexity index is 584. The van der Waals surface area contributed by atoms with Crippen LogP contribution in [0.1, 0.15) is 46.0 Å². The summed E-state index contributed by atoms with van der Waals surface area (Å²) < 4.78 is 23.3. The van der Waals surface area contributed by atoms with Gasteiger partial charge in [-0.2, -0.15) is 0 Å². The molecule has 0 bridgehead atoms. The number of nitrogens with one attached hydrogen (secondary N) is 1. The number of sulfone groups is 1. The first-order chi connectivity index (χ1) is 12.4. The third-order valence-electron chi connectivity index (χ3n) is 5.79. The lowest BCUT2D eigenvalue weighted by Gasteiger charge is -2.29. The molecule has 26 heavy (non-hydrogen) atoms. The minimum Gasteiger partial charge on any atom is -0.354 e. The Morgan fingerprint density at radius 3 is 2.54 bits per heavy atom. The molecule has 0 radical (unpaired) electrons. The zero-order valence-corrected chi connectivity index (χ0v) is 17.3. The number of guanidine groups is 1. The van der Waals surface area contributed by atoms with Crippen molar-refractivity contribution in [2.24, 2.45) is 16.8 Å². The van der Waals surface area contributed by atoms with Crippen molar-refractivity contribution in [2.45, 2.75) is 52.0 Å². The van der Waals surface area contributed by atoms with Crippen LogP contribution in [0.3, 0.4) is 0 Å². The minimum absolute atomic E-state index is 0.190. The maximum atomic E-state index is 11.7. The van der Waals surface area contributed by atoms with Crippen LogP contribution in [0.2, 0.25) is 0 Å². The zero-order chi connectivity index (χ0) is 18.6. The van der Waals surface area contributed by atoms with Gasteiger partial charge in [-0.1, -0.05) is 6.42 Å². The van der Waals surface area contributed by atoms with Gasteiger partial charge in [0.2, 0.25) is 0 Å². The van der Waals surface area contributed by atoms with E-state index in [1.54, 1.807) is 0 Å². The van der Waals surface area contributed by atoms with Gasteiger partial charge in [0, 0.05) is 32.2 Å². The van der Waals surface area contributed by atoms with E-state index in [1.165, 1.54) is 45.3 Å². The minimum atomic E-state index is -2.82. The fourth-order valence-electron chi connectivity index (χ4n) is 4.41. The number of rotatable bonds is 5. The second kappa shape index (κ2) is 8.91. The van der Waals surface area contributed by atoms with E-state index < -0.39 is 9.84 Å². The molecular formula is C19H36N4O2S. The van der Waals surface area contributed by atoms with E-state index in [1.807, 2.05) is 0 Å². The average Bonchev–Trinajstić information content (AvgIpc) is 3.18. The van der Waals surface area contributed by atoms with Crippen LogP contribution < -0.4 is 5.32 Å². The van der Waals surface area contributed by atoms with Gasteiger partial charge in [-0.05, 0) is 64.5 Å². The molecule has 2 unspecified atom stereocenters. The number of hydrogen-bond acceptors (Lipinski definition) is 4. The van der Waals surface area contributed by atoms with Crippen LogP contribution in [-0.4, -0.2) is 81.0 Å². The van der Waals surface area contributed by atoms with E-state index in [0.29, 0.717) is 24.1 Å². The second-order valence-electron chi connectivity index (χ2n) is 8.69. The summed E-state index contributed by atoms with van der Waals surface area (Å²) in [4.78, 5) is 9.85. The van der Waals surface area contributed by atoms with Crippen LogP contribution in [0.4, 0.5) is 0 Å². The van der Waals surface area contributed by atoms with E-state index in [-0.39, 0.29) is 5.92 Å². The molecule has 3 rings (SSSR count). The maximum Gasteiger partial charge on any atom is 0.194 e. The molecule has 3 fully saturated rings. The van der Waals surface area contributed by atoms with E-state index in [9.17, 15) is 8.42 Å². The van der Waals surface area contributed by atoms with Crippen LogP contribution in [0.15, 0.2) is 4.99 Å². The van der Waals surface area contributed by atoms with Gasteiger partial charge < -0.3 is 15.1 Å². The van der Waals surface area contributed by atoms with Crippen LogP contribution >= 0.6 is 0 Å². The Kier molecular flexibility index (Phi) is 6.83. The van der Waals surface area contributed by atoms with Gasteiger partial charge in [-0.3, -0.25) is 4.99 Å². The third-order valence-corrected chi connectivity index (χ3v) is 7.63. The molecular weight excluding hydrogens is 348 g/mol. The number of aliphatic imine (C=N–C) groups is 1. The highest BCUT2D eigenvalue weighted by molar-refractivity contribution is 7.91. The molecule has 0 spiro atoms. The van der Waals surface area contributed by atoms with Crippen molar-refractivity contribution in [1.82, 2.24) is 15.1 Å². The van der Waals surface area contributed by atoms with Gasteiger partial charge in [0.1, 0.15) is 0 Å². The first-order valence-electron chi connectivity index (χ1n) is 10.4. The molecule has 0 aromatic heterocycles. The number of piperidine rings is 1. The summed E-state index contributed by atoms with van der Waals surface area (Å²) in [5.41, 5.74) is 0. The van der Waals surface area contributed by atoms with Crippen molar-refractivity contribution in [2.75, 3.05) is 50.8 Å². The quantitative estimate of drug-likeness (QED) is 0.576. The monoisotopic (exact) mass is 384 g/mol. The lowest BCUT2D eigenvalue weighted by atomic mass is 10.1. The highest BCUT2D eigenvalue weighted by Crippen LogP contribution is 2.21. The molecule has 7 heteroatoms. The summed E-state index contributed by atoms with van der Waals surface area (Å²) in [7, 11) is -2.82. The van der Waals surface area contributed by atoms with Crippen molar-refractivity contribution in [1.29, 1.82) is 0 Å². The van der Waals surface area contributed by atoms with Gasteiger partial charge in [0.25, 0.3) is 0 Å². The first kappa shape index (κ1) is 19.9. The number of likely N-dealkylation sites (tertiary alicyclic amines) is 2. The highest BCUT2D eigenvalue weighted by Gasteiger charge is 2.30. The summed E-state index contributed by atoms with van der Waals surface area (Å²) in [5, 5.41) is 3.50. The summed E-state index contributed by atoms with van der Waals surface area (Å²) in [6.07, 6.45) is 6.08. The Labute approximate surface area is 159 Å². The summed E-state index contributed by atoms with van der Waals surface area (Å²) in [6, 6.07) is 0.335. The molecule has 3 saturated heterocycles. The molecule has 0 aromatic carbocycles. The number of hydrogen-bond donors (Lipinski definition) is 1. The molecule has 1 N–H and O–H groups in total. The Morgan fingerprint density at radius 1 is 1.12 bits per heavy atom. The Morgan fingerprint density at radius 2 is 1.88 bits per heavy atom. The second-order valence-corrected chi connectivity index (χ2v) is 10.9. The fourth-order valence-corrected chi connectivity index (χ4v) is 6.26. The predicted octanol–water partition coefficient (Wildman–Crippen LogP) is 1.58. The topological polar surface area (TPSA) is 65.0 Å². The summed E-state index contributed by atoms with van der Waals surface area (Å²) >= 11 is 0. The summed E-state index contributed by atoms with van der Waals surface area (Å²) in [6.45, 7) is 10.8. The molecule has 150 valence electrons. The molecule has 0 aromatic rings. The Hall–Kier alpha value is -0.820. The smallest absolute Gasteiger partial charge is 0.194 e. The van der Waals surface area contributed by atoms with E-state index >= 15 is 0 Å². The molecule has 0 saturated carbocycles. The molecule has 0 aliphatic carbocycles. The van der Waals surface area contributed by atoms with Gasteiger partial charge >= 0.3 is 0 Å². The van der Waals surface area contributed by atoms with Gasteiger partial charge in [0.15, 0.2) is 15.8 Å². The van der Waals surface area contributed by atoms with Crippen molar-refractivity contribution >= 4 is 15.8 Å². The highest BCUT2D eigenvalue weighted by atomic mass is 32.2. The maximum absolute atomic E-state index is 11.7. The molecule has 3 heterocycles. The average molecular weight is 385 g/mol. The van der Waals surface area contributed by atoms with E-state index in [0.717, 1.165) is 31.4 Å². The van der Waals surface area contributed by atoms with Gasteiger partial charge in [0.05, 0.1) is 11.5 Å². The van der Waals surface area contributed by atoms with Crippen molar-refractivity contribution in [3.63, 3.8) is 0 Å². The molecule has 6 nitrogen and oxygen atoms in total. The Balaban J connectivity index is 1.54. The lowest BCUT2D eigenvalue weighted by molar-refractivity contribution is 0.198. The van der Waals surface area contributed by atoms with Crippen molar-refractivity contribution < 1.29 is 8.42 Å². The first-order valence-corrected chi connectivity index (χ1v) is 12.2. The van der Waals surface area contributed by atoms with Gasteiger partial charge in [-0.25, -0.2) is 8.42 Å². The molecule has 3 aliphatic heterocycles. The predicted molar refractivity (Wildman–Crippen MR) is 107 cm³/mol. The SMILES string of the molecule is CC(C)NC(=NCC1CCS(=O)(=O)C1)N1CCC(CN2CCCCC2)C1. The van der Waals surface area contributed by atoms with Crippen molar-refractivity contribution in [3.8, 4) is 0 Å². The normalized spacial score (nSPS) is 30.3. The van der Waals surface area contributed by atoms with E-state index in [4.69, 9.17) is 4.99 Å². The molecule has 0 amide bonds. The van der Waals surface area contributed by atoms with Crippen LogP contribution in [0.5, 0.6) is 0 Å². The molecule has 2 atom stereocenters.